The van der Waals surface area contributed by atoms with Crippen molar-refractivity contribution in [2.24, 2.45) is 22.5 Å². The first-order chi connectivity index (χ1) is 24.1. The van der Waals surface area contributed by atoms with Gasteiger partial charge < -0.3 is 9.80 Å². The third kappa shape index (κ3) is 16.9. The molecule has 0 radical (unpaired) electrons. The summed E-state index contributed by atoms with van der Waals surface area (Å²) in [4.78, 5) is 17.4. The van der Waals surface area contributed by atoms with E-state index in [0.29, 0.717) is 17.4 Å². The lowest BCUT2D eigenvalue weighted by Crippen LogP contribution is -2.46. The molecule has 0 spiro atoms. The Labute approximate surface area is 311 Å². The second kappa shape index (κ2) is 26.6. The monoisotopic (exact) mass is 696 g/mol. The number of nitriles is 1. The summed E-state index contributed by atoms with van der Waals surface area (Å²) < 4.78 is 0. The molecule has 0 aromatic carbocycles. The first kappa shape index (κ1) is 45.9. The van der Waals surface area contributed by atoms with Gasteiger partial charge in [-0.1, -0.05) is 113 Å². The van der Waals surface area contributed by atoms with Gasteiger partial charge >= 0.3 is 0 Å². The van der Waals surface area contributed by atoms with Crippen LogP contribution in [0.2, 0.25) is 0 Å². The lowest BCUT2D eigenvalue weighted by Gasteiger charge is -2.41. The Bertz CT molecular complexity index is 1040. The van der Waals surface area contributed by atoms with Crippen LogP contribution >= 0.6 is 0 Å². The van der Waals surface area contributed by atoms with Gasteiger partial charge in [0.2, 0.25) is 0 Å². The van der Waals surface area contributed by atoms with E-state index in [1.807, 2.05) is 11.1 Å². The highest BCUT2D eigenvalue weighted by Gasteiger charge is 2.31. The zero-order valence-electron chi connectivity index (χ0n) is 34.7. The van der Waals surface area contributed by atoms with Crippen LogP contribution in [0, 0.1) is 33.5 Å². The number of hydrogen-bond acceptors (Lipinski definition) is 5. The molecule has 6 heteroatoms. The standard InChI is InChI=1S/C35H70N4O.C9H11N/c1-10-18-32(39(36-40)33-22-27-37(15-6)28-23-33)20-16-17-26-38(34(19-11-2)31(8)14-5)29-35(9,24-12-3)25-21-30(7)13-4;1-2-8-3-5-9(7-10)6-4-8/h19,30-33H,10-18,20-29H2,1-9H3;3,5H,2,4,6H2,1H3/b34-19-;/t30?,31?,32-,35?;/m1./s1. The summed E-state index contributed by atoms with van der Waals surface area (Å²) in [6, 6.07) is 2.77. The number of nitroso groups, excluding NO2 is 1. The van der Waals surface area contributed by atoms with Crippen molar-refractivity contribution in [2.75, 3.05) is 32.7 Å². The summed E-state index contributed by atoms with van der Waals surface area (Å²) in [7, 11) is 0. The van der Waals surface area contributed by atoms with Crippen LogP contribution in [0.5, 0.6) is 0 Å². The van der Waals surface area contributed by atoms with E-state index in [0.717, 1.165) is 102 Å². The molecule has 0 bridgehead atoms. The van der Waals surface area contributed by atoms with Crippen molar-refractivity contribution in [2.45, 2.75) is 190 Å². The lowest BCUT2D eigenvalue weighted by atomic mass is 9.78. The van der Waals surface area contributed by atoms with Crippen molar-refractivity contribution in [3.8, 4) is 6.07 Å². The van der Waals surface area contributed by atoms with Gasteiger partial charge in [-0.25, -0.2) is 0 Å². The number of likely N-dealkylation sites (tertiary alicyclic amines) is 1. The summed E-state index contributed by atoms with van der Waals surface area (Å²) >= 11 is 0. The number of allylic oxidation sites excluding steroid dienone is 6. The maximum absolute atomic E-state index is 12.1. The average molecular weight is 696 g/mol. The normalized spacial score (nSPS) is 18.8. The van der Waals surface area contributed by atoms with Gasteiger partial charge in [0.25, 0.3) is 0 Å². The summed E-state index contributed by atoms with van der Waals surface area (Å²) in [6.07, 6.45) is 26.2. The van der Waals surface area contributed by atoms with Crippen LogP contribution in [0.4, 0.5) is 0 Å². The third-order valence-electron chi connectivity index (χ3n) is 11.8. The molecule has 0 aromatic rings. The molecule has 50 heavy (non-hydrogen) atoms. The minimum absolute atomic E-state index is 0.287. The largest absolute Gasteiger partial charge is 0.374 e. The average Bonchev–Trinajstić information content (AvgIpc) is 3.14. The molecule has 0 amide bonds. The topological polar surface area (TPSA) is 62.9 Å². The van der Waals surface area contributed by atoms with Crippen LogP contribution in [0.3, 0.4) is 0 Å². The summed E-state index contributed by atoms with van der Waals surface area (Å²) in [6.45, 7) is 28.9. The Hall–Kier alpha value is -2.13. The van der Waals surface area contributed by atoms with Gasteiger partial charge in [-0.15, -0.1) is 4.91 Å². The van der Waals surface area contributed by atoms with Gasteiger partial charge in [-0.2, -0.15) is 5.26 Å². The minimum atomic E-state index is 0.287. The van der Waals surface area contributed by atoms with Crippen molar-refractivity contribution in [3.05, 3.63) is 40.0 Å². The van der Waals surface area contributed by atoms with Gasteiger partial charge in [0, 0.05) is 37.4 Å². The molecule has 288 valence electrons. The summed E-state index contributed by atoms with van der Waals surface area (Å²) in [5.41, 5.74) is 4.30. The van der Waals surface area contributed by atoms with Crippen LogP contribution in [-0.4, -0.2) is 59.6 Å². The molecule has 0 aromatic heterocycles. The van der Waals surface area contributed by atoms with Gasteiger partial charge in [0.15, 0.2) is 0 Å². The predicted molar refractivity (Wildman–Crippen MR) is 218 cm³/mol. The number of unbranched alkanes of at least 4 members (excludes halogenated alkanes) is 1. The second-order valence-electron chi connectivity index (χ2n) is 15.9. The van der Waals surface area contributed by atoms with E-state index in [9.17, 15) is 4.91 Å². The predicted octanol–water partition coefficient (Wildman–Crippen LogP) is 12.6. The summed E-state index contributed by atoms with van der Waals surface area (Å²) in [5, 5.41) is 14.1. The van der Waals surface area contributed by atoms with E-state index in [1.165, 1.54) is 57.1 Å². The minimum Gasteiger partial charge on any atom is -0.374 e. The fraction of sp³-hybridized carbons (Fsp3) is 0.841. The molecule has 0 N–H and O–H groups in total. The molecular formula is C44H81N5O. The van der Waals surface area contributed by atoms with Crippen LogP contribution in [-0.2, 0) is 0 Å². The zero-order valence-corrected chi connectivity index (χ0v) is 34.7. The van der Waals surface area contributed by atoms with E-state index in [-0.39, 0.29) is 6.04 Å². The number of hydrogen-bond donors (Lipinski definition) is 0. The van der Waals surface area contributed by atoms with Crippen molar-refractivity contribution in [1.29, 1.82) is 5.26 Å². The quantitative estimate of drug-likeness (QED) is 0.0571. The highest BCUT2D eigenvalue weighted by atomic mass is 16.3. The van der Waals surface area contributed by atoms with E-state index in [4.69, 9.17) is 5.26 Å². The van der Waals surface area contributed by atoms with Gasteiger partial charge in [-0.05, 0) is 113 Å². The molecular weight excluding hydrogens is 615 g/mol. The number of piperidine rings is 1. The van der Waals surface area contributed by atoms with Crippen molar-refractivity contribution in [3.63, 3.8) is 0 Å². The SMILES string of the molecule is CC/C=C(/C(C)CC)N(CCCC[C@@H](CCC)N(N=O)C1CCN(CC)CC1)CC(C)(CCC)CCC(C)CC.CCC1=CC=C(C#N)CC1. The third-order valence-corrected chi connectivity index (χ3v) is 11.8. The van der Waals surface area contributed by atoms with Crippen molar-refractivity contribution >= 4 is 0 Å². The number of nitrogens with zero attached hydrogens (tertiary/aromatic N) is 5. The molecule has 1 saturated heterocycles. The van der Waals surface area contributed by atoms with Gasteiger partial charge in [0.1, 0.15) is 0 Å². The number of rotatable bonds is 24. The molecule has 6 nitrogen and oxygen atoms in total. The Morgan fingerprint density at radius 2 is 1.70 bits per heavy atom. The van der Waals surface area contributed by atoms with E-state index < -0.39 is 0 Å². The molecule has 1 aliphatic carbocycles. The molecule has 0 saturated carbocycles. The fourth-order valence-electron chi connectivity index (χ4n) is 7.93. The second-order valence-corrected chi connectivity index (χ2v) is 15.9. The fourth-order valence-corrected chi connectivity index (χ4v) is 7.93. The molecule has 3 unspecified atom stereocenters. The smallest absolute Gasteiger partial charge is 0.0947 e. The highest BCUT2D eigenvalue weighted by Crippen LogP contribution is 2.35. The van der Waals surface area contributed by atoms with Gasteiger partial charge in [-0.3, -0.25) is 5.01 Å². The van der Waals surface area contributed by atoms with E-state index in [1.54, 1.807) is 5.70 Å². The van der Waals surface area contributed by atoms with Crippen molar-refractivity contribution < 1.29 is 0 Å². The van der Waals surface area contributed by atoms with Crippen LogP contribution in [0.1, 0.15) is 178 Å². The maximum Gasteiger partial charge on any atom is 0.0947 e. The van der Waals surface area contributed by atoms with Crippen LogP contribution in [0.15, 0.2) is 40.4 Å². The first-order valence-corrected chi connectivity index (χ1v) is 21.2. The zero-order chi connectivity index (χ0) is 37.4. The molecule has 1 fully saturated rings. The Balaban J connectivity index is 0.00000106. The Morgan fingerprint density at radius 3 is 2.20 bits per heavy atom. The van der Waals surface area contributed by atoms with Crippen molar-refractivity contribution in [1.82, 2.24) is 14.8 Å². The van der Waals surface area contributed by atoms with E-state index in [2.05, 4.69) is 103 Å². The summed E-state index contributed by atoms with van der Waals surface area (Å²) in [5.74, 6) is 1.40. The lowest BCUT2D eigenvalue weighted by molar-refractivity contribution is 0.0661. The van der Waals surface area contributed by atoms with E-state index >= 15 is 0 Å². The van der Waals surface area contributed by atoms with Gasteiger partial charge in [0.05, 0.1) is 23.4 Å². The molecule has 2 aliphatic rings. The highest BCUT2D eigenvalue weighted by molar-refractivity contribution is 5.32. The molecule has 1 heterocycles. The maximum atomic E-state index is 12.1. The van der Waals surface area contributed by atoms with Crippen LogP contribution < -0.4 is 0 Å². The molecule has 4 atom stereocenters. The molecule has 2 rings (SSSR count). The Kier molecular flexibility index (Phi) is 24.4. The molecule has 1 aliphatic heterocycles. The Morgan fingerprint density at radius 1 is 0.980 bits per heavy atom. The van der Waals surface area contributed by atoms with Crippen LogP contribution in [0.25, 0.3) is 0 Å². The first-order valence-electron chi connectivity index (χ1n) is 21.2.